The van der Waals surface area contributed by atoms with Crippen molar-refractivity contribution in [1.82, 2.24) is 0 Å². The standard InChI is InChI=1S/C15H12NO2/c1-16-9-5-8-11-13(16)15(18)12(14(11)17)10-6-3-2-4-7-10/h2-9,12H,1H3/q+1. The third-order valence-electron chi connectivity index (χ3n) is 3.34. The molecule has 3 heteroatoms. The Morgan fingerprint density at radius 2 is 1.67 bits per heavy atom. The van der Waals surface area contributed by atoms with Gasteiger partial charge in [-0.05, 0) is 11.6 Å². The van der Waals surface area contributed by atoms with Crippen LogP contribution in [0.5, 0.6) is 0 Å². The first-order valence-electron chi connectivity index (χ1n) is 5.82. The van der Waals surface area contributed by atoms with Gasteiger partial charge in [-0.2, -0.15) is 4.57 Å². The Hall–Kier alpha value is -2.29. The molecular weight excluding hydrogens is 226 g/mol. The Kier molecular flexibility index (Phi) is 2.33. The first-order chi connectivity index (χ1) is 8.70. The van der Waals surface area contributed by atoms with Gasteiger partial charge in [0.25, 0.3) is 5.69 Å². The second-order valence-corrected chi connectivity index (χ2v) is 4.45. The van der Waals surface area contributed by atoms with Crippen LogP contribution in [-0.2, 0) is 7.05 Å². The minimum atomic E-state index is -0.671. The number of fused-ring (bicyclic) bond motifs is 1. The molecule has 0 saturated carbocycles. The summed E-state index contributed by atoms with van der Waals surface area (Å²) in [4.78, 5) is 24.7. The summed E-state index contributed by atoms with van der Waals surface area (Å²) in [7, 11) is 1.79. The predicted molar refractivity (Wildman–Crippen MR) is 65.5 cm³/mol. The SMILES string of the molecule is C[n+]1cccc2c1C(=O)C(c1ccccc1)C2=O. The van der Waals surface area contributed by atoms with Crippen molar-refractivity contribution in [3.05, 3.63) is 65.5 Å². The maximum atomic E-state index is 12.4. The zero-order valence-electron chi connectivity index (χ0n) is 9.96. The van der Waals surface area contributed by atoms with Crippen molar-refractivity contribution in [3.63, 3.8) is 0 Å². The number of Topliss-reactive ketones (excluding diaryl/α,β-unsaturated/α-hetero) is 2. The molecule has 1 aliphatic carbocycles. The van der Waals surface area contributed by atoms with E-state index in [0.29, 0.717) is 11.3 Å². The van der Waals surface area contributed by atoms with Crippen LogP contribution in [0.1, 0.15) is 32.3 Å². The van der Waals surface area contributed by atoms with E-state index in [2.05, 4.69) is 0 Å². The molecule has 18 heavy (non-hydrogen) atoms. The van der Waals surface area contributed by atoms with Crippen LogP contribution in [0.4, 0.5) is 0 Å². The summed E-state index contributed by atoms with van der Waals surface area (Å²) in [6.07, 6.45) is 1.79. The van der Waals surface area contributed by atoms with Crippen LogP contribution in [0.15, 0.2) is 48.7 Å². The molecule has 0 aliphatic heterocycles. The van der Waals surface area contributed by atoms with Crippen LogP contribution < -0.4 is 4.57 Å². The van der Waals surface area contributed by atoms with E-state index >= 15 is 0 Å². The Balaban J connectivity index is 2.17. The smallest absolute Gasteiger partial charge is 0.260 e. The fraction of sp³-hybridized carbons (Fsp3) is 0.133. The minimum Gasteiger partial charge on any atom is -0.293 e. The second-order valence-electron chi connectivity index (χ2n) is 4.45. The van der Waals surface area contributed by atoms with Crippen molar-refractivity contribution in [3.8, 4) is 0 Å². The Labute approximate surface area is 105 Å². The predicted octanol–water partition coefficient (Wildman–Crippen LogP) is 1.67. The highest BCUT2D eigenvalue weighted by molar-refractivity contribution is 6.28. The van der Waals surface area contributed by atoms with Crippen molar-refractivity contribution in [2.75, 3.05) is 0 Å². The lowest BCUT2D eigenvalue weighted by atomic mass is 9.95. The third kappa shape index (κ3) is 1.40. The number of ketones is 2. The van der Waals surface area contributed by atoms with Gasteiger partial charge in [-0.15, -0.1) is 0 Å². The van der Waals surface area contributed by atoms with E-state index in [1.165, 1.54) is 0 Å². The first kappa shape index (κ1) is 10.8. The first-order valence-corrected chi connectivity index (χ1v) is 5.82. The normalized spacial score (nSPS) is 17.9. The number of aryl methyl sites for hydroxylation is 1. The quantitative estimate of drug-likeness (QED) is 0.560. The number of carbonyl (C=O) groups is 2. The number of aromatic nitrogens is 1. The Morgan fingerprint density at radius 3 is 2.33 bits per heavy atom. The minimum absolute atomic E-state index is 0.0996. The number of benzene rings is 1. The lowest BCUT2D eigenvalue weighted by molar-refractivity contribution is -0.673. The van der Waals surface area contributed by atoms with E-state index in [0.717, 1.165) is 5.56 Å². The summed E-state index contributed by atoms with van der Waals surface area (Å²) in [5.41, 5.74) is 1.80. The summed E-state index contributed by atoms with van der Waals surface area (Å²) in [5, 5.41) is 0. The van der Waals surface area contributed by atoms with Crippen molar-refractivity contribution in [2.24, 2.45) is 7.05 Å². The van der Waals surface area contributed by atoms with E-state index in [9.17, 15) is 9.59 Å². The molecule has 1 aromatic carbocycles. The molecule has 3 nitrogen and oxygen atoms in total. The van der Waals surface area contributed by atoms with Crippen LogP contribution >= 0.6 is 0 Å². The molecule has 1 atom stereocenters. The molecule has 0 bridgehead atoms. The fourth-order valence-corrected chi connectivity index (χ4v) is 2.48. The zero-order chi connectivity index (χ0) is 12.7. The lowest BCUT2D eigenvalue weighted by Gasteiger charge is -2.04. The molecule has 2 aromatic rings. The van der Waals surface area contributed by atoms with Gasteiger partial charge >= 0.3 is 0 Å². The van der Waals surface area contributed by atoms with E-state index in [-0.39, 0.29) is 11.6 Å². The lowest BCUT2D eigenvalue weighted by Crippen LogP contribution is -2.35. The van der Waals surface area contributed by atoms with Gasteiger partial charge in [-0.25, -0.2) is 0 Å². The molecule has 0 amide bonds. The van der Waals surface area contributed by atoms with E-state index < -0.39 is 5.92 Å². The van der Waals surface area contributed by atoms with Gasteiger partial charge in [0, 0.05) is 6.07 Å². The summed E-state index contributed by atoms with van der Waals surface area (Å²) in [6.45, 7) is 0. The summed E-state index contributed by atoms with van der Waals surface area (Å²) >= 11 is 0. The third-order valence-corrected chi connectivity index (χ3v) is 3.34. The molecule has 0 N–H and O–H groups in total. The monoisotopic (exact) mass is 238 g/mol. The summed E-state index contributed by atoms with van der Waals surface area (Å²) < 4.78 is 1.72. The van der Waals surface area contributed by atoms with Gasteiger partial charge in [0.2, 0.25) is 5.78 Å². The number of nitrogens with zero attached hydrogens (tertiary/aromatic N) is 1. The fourth-order valence-electron chi connectivity index (χ4n) is 2.48. The summed E-state index contributed by atoms with van der Waals surface area (Å²) in [5.74, 6) is -0.878. The highest BCUT2D eigenvalue weighted by Gasteiger charge is 2.45. The molecule has 1 unspecified atom stereocenters. The van der Waals surface area contributed by atoms with E-state index in [1.807, 2.05) is 30.3 Å². The van der Waals surface area contributed by atoms with Crippen LogP contribution in [0.3, 0.4) is 0 Å². The maximum absolute atomic E-state index is 12.4. The molecule has 0 fully saturated rings. The van der Waals surface area contributed by atoms with Crippen LogP contribution in [-0.4, -0.2) is 11.6 Å². The average Bonchev–Trinajstić information content (AvgIpc) is 2.64. The van der Waals surface area contributed by atoms with Gasteiger partial charge in [0.15, 0.2) is 12.0 Å². The highest BCUT2D eigenvalue weighted by atomic mass is 16.2. The number of pyridine rings is 1. The summed E-state index contributed by atoms with van der Waals surface area (Å²) in [6, 6.07) is 12.7. The number of hydrogen-bond acceptors (Lipinski definition) is 2. The van der Waals surface area contributed by atoms with Gasteiger partial charge in [-0.3, -0.25) is 9.59 Å². The van der Waals surface area contributed by atoms with Gasteiger partial charge in [0.05, 0.1) is 5.56 Å². The topological polar surface area (TPSA) is 38.0 Å². The zero-order valence-corrected chi connectivity index (χ0v) is 9.96. The highest BCUT2D eigenvalue weighted by Crippen LogP contribution is 2.31. The molecule has 3 rings (SSSR count). The average molecular weight is 238 g/mol. The van der Waals surface area contributed by atoms with E-state index in [4.69, 9.17) is 0 Å². The molecule has 0 spiro atoms. The molecule has 88 valence electrons. The van der Waals surface area contributed by atoms with Crippen LogP contribution in [0, 0.1) is 0 Å². The van der Waals surface area contributed by atoms with Crippen molar-refractivity contribution < 1.29 is 14.2 Å². The largest absolute Gasteiger partial charge is 0.293 e. The van der Waals surface area contributed by atoms with Crippen LogP contribution in [0.25, 0.3) is 0 Å². The molecule has 0 saturated heterocycles. The maximum Gasteiger partial charge on any atom is 0.260 e. The van der Waals surface area contributed by atoms with Crippen molar-refractivity contribution >= 4 is 11.6 Å². The Bertz CT molecular complexity index is 647. The number of hydrogen-bond donors (Lipinski definition) is 0. The molecule has 1 aliphatic rings. The van der Waals surface area contributed by atoms with Gasteiger partial charge < -0.3 is 0 Å². The number of carbonyl (C=O) groups excluding carboxylic acids is 2. The van der Waals surface area contributed by atoms with Crippen molar-refractivity contribution in [2.45, 2.75) is 5.92 Å². The molecular formula is C15H12NO2+. The second kappa shape index (κ2) is 3.88. The van der Waals surface area contributed by atoms with Gasteiger partial charge in [0.1, 0.15) is 13.0 Å². The van der Waals surface area contributed by atoms with E-state index in [1.54, 1.807) is 29.9 Å². The molecule has 0 radical (unpaired) electrons. The Morgan fingerprint density at radius 1 is 0.944 bits per heavy atom. The van der Waals surface area contributed by atoms with Gasteiger partial charge in [-0.1, -0.05) is 30.3 Å². The molecule has 1 heterocycles. The van der Waals surface area contributed by atoms with Crippen molar-refractivity contribution in [1.29, 1.82) is 0 Å². The number of rotatable bonds is 1. The molecule has 1 aromatic heterocycles. The van der Waals surface area contributed by atoms with Crippen LogP contribution in [0.2, 0.25) is 0 Å².